The van der Waals surface area contributed by atoms with Crippen LogP contribution < -0.4 is 5.32 Å². The molecule has 1 aromatic carbocycles. The summed E-state index contributed by atoms with van der Waals surface area (Å²) < 4.78 is 5.65. The van der Waals surface area contributed by atoms with Crippen molar-refractivity contribution in [2.45, 2.75) is 12.8 Å². The average molecular weight is 377 g/mol. The molecule has 1 unspecified atom stereocenters. The topological polar surface area (TPSA) is 68.3 Å². The fourth-order valence-electron chi connectivity index (χ4n) is 1.96. The normalized spacial score (nSPS) is 11.6. The number of amides is 1. The number of nitrogens with zero attached hydrogens (tertiary/aromatic N) is 1. The molecule has 0 aliphatic carbocycles. The van der Waals surface area contributed by atoms with Gasteiger partial charge in [-0.3, -0.25) is 9.78 Å². The molecule has 6 heteroatoms. The van der Waals surface area contributed by atoms with Crippen LogP contribution in [0.25, 0.3) is 0 Å². The minimum Gasteiger partial charge on any atom is -0.452 e. The summed E-state index contributed by atoms with van der Waals surface area (Å²) in [4.78, 5) is 27.4. The Balaban J connectivity index is 1.76. The van der Waals surface area contributed by atoms with Crippen molar-refractivity contribution in [1.29, 1.82) is 0 Å². The molecule has 1 atom stereocenters. The van der Waals surface area contributed by atoms with Gasteiger partial charge in [0, 0.05) is 23.4 Å². The maximum atomic E-state index is 11.8. The van der Waals surface area contributed by atoms with Crippen LogP contribution in [-0.2, 0) is 9.53 Å². The Morgan fingerprint density at radius 2 is 2.00 bits per heavy atom. The van der Waals surface area contributed by atoms with Gasteiger partial charge in [-0.05, 0) is 33.5 Å². The molecule has 0 radical (unpaired) electrons. The average Bonchev–Trinajstić information content (AvgIpc) is 2.58. The van der Waals surface area contributed by atoms with Gasteiger partial charge in [-0.15, -0.1) is 0 Å². The van der Waals surface area contributed by atoms with Gasteiger partial charge in [0.25, 0.3) is 5.91 Å². The summed E-state index contributed by atoms with van der Waals surface area (Å²) >= 11 is 3.22. The van der Waals surface area contributed by atoms with Gasteiger partial charge in [-0.25, -0.2) is 4.79 Å². The van der Waals surface area contributed by atoms with Gasteiger partial charge in [0.2, 0.25) is 0 Å². The van der Waals surface area contributed by atoms with Crippen LogP contribution >= 0.6 is 15.9 Å². The molecular formula is C17H17BrN2O3. The lowest BCUT2D eigenvalue weighted by Gasteiger charge is -2.13. The highest BCUT2D eigenvalue weighted by Crippen LogP contribution is 2.13. The molecule has 1 aromatic heterocycles. The number of benzene rings is 1. The second kappa shape index (κ2) is 8.43. The number of esters is 1. The lowest BCUT2D eigenvalue weighted by molar-refractivity contribution is -0.124. The number of pyridine rings is 1. The van der Waals surface area contributed by atoms with Gasteiger partial charge in [-0.1, -0.05) is 37.3 Å². The highest BCUT2D eigenvalue weighted by Gasteiger charge is 2.12. The summed E-state index contributed by atoms with van der Waals surface area (Å²) in [6.07, 6.45) is 2.96. The molecule has 0 aliphatic rings. The van der Waals surface area contributed by atoms with E-state index in [1.165, 1.54) is 6.20 Å². The molecule has 0 saturated heterocycles. The molecule has 0 spiro atoms. The van der Waals surface area contributed by atoms with Crippen LogP contribution in [0.2, 0.25) is 0 Å². The lowest BCUT2D eigenvalue weighted by atomic mass is 10.0. The van der Waals surface area contributed by atoms with E-state index in [1.54, 1.807) is 12.3 Å². The smallest absolute Gasteiger partial charge is 0.340 e. The van der Waals surface area contributed by atoms with E-state index in [1.807, 2.05) is 37.3 Å². The highest BCUT2D eigenvalue weighted by molar-refractivity contribution is 9.10. The van der Waals surface area contributed by atoms with Gasteiger partial charge >= 0.3 is 5.97 Å². The van der Waals surface area contributed by atoms with Crippen molar-refractivity contribution < 1.29 is 14.3 Å². The maximum Gasteiger partial charge on any atom is 0.340 e. The largest absolute Gasteiger partial charge is 0.452 e. The zero-order valence-corrected chi connectivity index (χ0v) is 14.2. The third-order valence-corrected chi connectivity index (χ3v) is 3.68. The molecule has 0 aliphatic heterocycles. The second-order valence-electron chi connectivity index (χ2n) is 5.08. The zero-order chi connectivity index (χ0) is 16.7. The fraction of sp³-hybridized carbons (Fsp3) is 0.235. The number of ether oxygens (including phenoxy) is 1. The fourth-order valence-corrected chi connectivity index (χ4v) is 2.32. The Morgan fingerprint density at radius 1 is 1.26 bits per heavy atom. The summed E-state index contributed by atoms with van der Waals surface area (Å²) in [5.41, 5.74) is 1.44. The Labute approximate surface area is 143 Å². The van der Waals surface area contributed by atoms with E-state index in [0.717, 1.165) is 5.56 Å². The summed E-state index contributed by atoms with van der Waals surface area (Å²) in [5, 5.41) is 2.76. The van der Waals surface area contributed by atoms with Gasteiger partial charge in [0.15, 0.2) is 6.61 Å². The predicted molar refractivity (Wildman–Crippen MR) is 90.1 cm³/mol. The molecule has 1 N–H and O–H groups in total. The summed E-state index contributed by atoms with van der Waals surface area (Å²) in [5.74, 6) is -0.723. The van der Waals surface area contributed by atoms with E-state index in [-0.39, 0.29) is 18.4 Å². The predicted octanol–water partition coefficient (Wildman–Crippen LogP) is 2.92. The summed E-state index contributed by atoms with van der Waals surface area (Å²) in [7, 11) is 0. The molecular weight excluding hydrogens is 360 g/mol. The highest BCUT2D eigenvalue weighted by atomic mass is 79.9. The van der Waals surface area contributed by atoms with Gasteiger partial charge in [0.1, 0.15) is 0 Å². The first kappa shape index (κ1) is 17.1. The Hall–Kier alpha value is -2.21. The van der Waals surface area contributed by atoms with E-state index in [4.69, 9.17) is 4.74 Å². The first-order valence-corrected chi connectivity index (χ1v) is 7.95. The molecule has 5 nitrogen and oxygen atoms in total. The Bertz CT molecular complexity index is 677. The van der Waals surface area contributed by atoms with E-state index in [9.17, 15) is 9.59 Å². The summed E-state index contributed by atoms with van der Waals surface area (Å²) in [6.45, 7) is 2.19. The first-order valence-electron chi connectivity index (χ1n) is 7.15. The molecule has 0 bridgehead atoms. The minimum atomic E-state index is -0.579. The van der Waals surface area contributed by atoms with E-state index in [0.29, 0.717) is 16.6 Å². The minimum absolute atomic E-state index is 0.185. The maximum absolute atomic E-state index is 11.8. The first-order chi connectivity index (χ1) is 11.1. The number of aromatic nitrogens is 1. The number of carbonyl (C=O) groups excluding carboxylic acids is 2. The van der Waals surface area contributed by atoms with Crippen molar-refractivity contribution in [3.05, 3.63) is 64.4 Å². The molecule has 23 heavy (non-hydrogen) atoms. The molecule has 2 aromatic rings. The number of hydrogen-bond donors (Lipinski definition) is 1. The van der Waals surface area contributed by atoms with Crippen molar-refractivity contribution in [3.8, 4) is 0 Å². The van der Waals surface area contributed by atoms with Crippen LogP contribution in [-0.4, -0.2) is 30.0 Å². The number of halogens is 1. The van der Waals surface area contributed by atoms with E-state index < -0.39 is 5.97 Å². The van der Waals surface area contributed by atoms with Crippen LogP contribution in [0.4, 0.5) is 0 Å². The molecule has 1 heterocycles. The molecule has 0 saturated carbocycles. The Kier molecular flexibility index (Phi) is 6.29. The number of carbonyl (C=O) groups is 2. The van der Waals surface area contributed by atoms with Crippen LogP contribution in [0.3, 0.4) is 0 Å². The summed E-state index contributed by atoms with van der Waals surface area (Å²) in [6, 6.07) is 11.5. The number of nitrogens with one attached hydrogen (secondary N) is 1. The molecule has 0 fully saturated rings. The SMILES string of the molecule is CC(CNC(=O)COC(=O)c1cncc(Br)c1)c1ccccc1. The van der Waals surface area contributed by atoms with Crippen LogP contribution in [0.1, 0.15) is 28.8 Å². The van der Waals surface area contributed by atoms with Gasteiger partial charge in [-0.2, -0.15) is 0 Å². The second-order valence-corrected chi connectivity index (χ2v) is 6.00. The standard InChI is InChI=1S/C17H17BrN2O3/c1-12(13-5-3-2-4-6-13)8-20-16(21)11-23-17(22)14-7-15(18)10-19-9-14/h2-7,9-10,12H,8,11H2,1H3,(H,20,21). The number of hydrogen-bond acceptors (Lipinski definition) is 4. The van der Waals surface area contributed by atoms with Crippen molar-refractivity contribution in [2.75, 3.05) is 13.2 Å². The molecule has 1 amide bonds. The lowest BCUT2D eigenvalue weighted by Crippen LogP contribution is -2.31. The number of rotatable bonds is 6. The van der Waals surface area contributed by atoms with Gasteiger partial charge < -0.3 is 10.1 Å². The van der Waals surface area contributed by atoms with E-state index >= 15 is 0 Å². The third kappa shape index (κ3) is 5.49. The quantitative estimate of drug-likeness (QED) is 0.786. The van der Waals surface area contributed by atoms with Crippen LogP contribution in [0.5, 0.6) is 0 Å². The van der Waals surface area contributed by atoms with E-state index in [2.05, 4.69) is 26.2 Å². The van der Waals surface area contributed by atoms with Crippen LogP contribution in [0.15, 0.2) is 53.3 Å². The van der Waals surface area contributed by atoms with Gasteiger partial charge in [0.05, 0.1) is 5.56 Å². The Morgan fingerprint density at radius 3 is 2.70 bits per heavy atom. The third-order valence-electron chi connectivity index (χ3n) is 3.25. The molecule has 2 rings (SSSR count). The van der Waals surface area contributed by atoms with Crippen molar-refractivity contribution in [2.24, 2.45) is 0 Å². The van der Waals surface area contributed by atoms with Crippen molar-refractivity contribution in [3.63, 3.8) is 0 Å². The zero-order valence-electron chi connectivity index (χ0n) is 12.7. The molecule has 120 valence electrons. The van der Waals surface area contributed by atoms with Crippen LogP contribution in [0, 0.1) is 0 Å². The van der Waals surface area contributed by atoms with Crippen molar-refractivity contribution in [1.82, 2.24) is 10.3 Å². The monoisotopic (exact) mass is 376 g/mol. The van der Waals surface area contributed by atoms with Crippen molar-refractivity contribution >= 4 is 27.8 Å².